The Labute approximate surface area is 149 Å². The second-order valence-electron chi connectivity index (χ2n) is 5.62. The zero-order chi connectivity index (χ0) is 17.8. The van der Waals surface area contributed by atoms with Crippen LogP contribution >= 0.6 is 11.6 Å². The second kappa shape index (κ2) is 7.64. The smallest absolute Gasteiger partial charge is 0.151 e. The van der Waals surface area contributed by atoms with Gasteiger partial charge >= 0.3 is 0 Å². The average Bonchev–Trinajstić information content (AvgIpc) is 3.04. The Morgan fingerprint density at radius 1 is 1.28 bits per heavy atom. The Morgan fingerprint density at radius 2 is 2.12 bits per heavy atom. The number of nitrogens with two attached hydrogens (primary N) is 2. The number of anilines is 2. The van der Waals surface area contributed by atoms with Crippen LogP contribution in [0.4, 0.5) is 11.6 Å². The van der Waals surface area contributed by atoms with E-state index >= 15 is 0 Å². The quantitative estimate of drug-likeness (QED) is 0.602. The van der Waals surface area contributed by atoms with E-state index in [1.54, 1.807) is 10.6 Å². The van der Waals surface area contributed by atoms with Crippen LogP contribution in [0.1, 0.15) is 12.8 Å². The number of aliphatic hydroxyl groups is 1. The number of hydrogen-bond acceptors (Lipinski definition) is 7. The van der Waals surface area contributed by atoms with Gasteiger partial charge in [-0.15, -0.1) is 0 Å². The number of nitrogen functional groups attached to an aromatic ring is 2. The van der Waals surface area contributed by atoms with Gasteiger partial charge in [0.15, 0.2) is 5.82 Å². The van der Waals surface area contributed by atoms with Gasteiger partial charge < -0.3 is 21.3 Å². The molecule has 0 aromatic carbocycles. The molecule has 8 nitrogen and oxygen atoms in total. The molecular formula is C16H19ClN6O2. The minimum Gasteiger partial charge on any atom is -0.391 e. The lowest BCUT2D eigenvalue weighted by Crippen LogP contribution is -2.21. The van der Waals surface area contributed by atoms with Crippen LogP contribution in [0.25, 0.3) is 16.8 Å². The number of rotatable bonds is 1. The molecule has 0 amide bonds. The number of fused-ring (bicyclic) bond motifs is 1. The Balaban J connectivity index is 0.000000219. The fourth-order valence-corrected chi connectivity index (χ4v) is 2.73. The zero-order valence-corrected chi connectivity index (χ0v) is 14.2. The SMILES string of the molecule is Nc1cc(-c2ccc3c(N)ncnn23)c(Cl)cn1.OC1CCCOC1. The van der Waals surface area contributed by atoms with E-state index in [2.05, 4.69) is 15.1 Å². The molecule has 1 saturated heterocycles. The number of aromatic nitrogens is 4. The maximum atomic E-state index is 8.78. The van der Waals surface area contributed by atoms with Crippen molar-refractivity contribution in [3.63, 3.8) is 0 Å². The third-order valence-corrected chi connectivity index (χ3v) is 4.07. The number of nitrogens with zero attached hydrogens (tertiary/aromatic N) is 4. The molecule has 1 fully saturated rings. The van der Waals surface area contributed by atoms with Crippen LogP contribution in [0.15, 0.2) is 30.7 Å². The van der Waals surface area contributed by atoms with Crippen molar-refractivity contribution in [3.8, 4) is 11.3 Å². The van der Waals surface area contributed by atoms with E-state index in [1.165, 1.54) is 12.5 Å². The molecule has 0 saturated carbocycles. The van der Waals surface area contributed by atoms with Crippen LogP contribution in [-0.2, 0) is 4.74 Å². The van der Waals surface area contributed by atoms with E-state index in [4.69, 9.17) is 32.9 Å². The highest BCUT2D eigenvalue weighted by Gasteiger charge is 2.12. The third-order valence-electron chi connectivity index (χ3n) is 3.77. The van der Waals surface area contributed by atoms with Gasteiger partial charge in [-0.3, -0.25) is 0 Å². The van der Waals surface area contributed by atoms with E-state index in [1.807, 2.05) is 12.1 Å². The van der Waals surface area contributed by atoms with Gasteiger partial charge in [0.05, 0.1) is 23.4 Å². The summed E-state index contributed by atoms with van der Waals surface area (Å²) in [5, 5.41) is 13.4. The fourth-order valence-electron chi connectivity index (χ4n) is 2.53. The molecule has 1 aliphatic heterocycles. The van der Waals surface area contributed by atoms with Crippen LogP contribution in [0.5, 0.6) is 0 Å². The van der Waals surface area contributed by atoms with Crippen molar-refractivity contribution in [3.05, 3.63) is 35.7 Å². The first-order valence-electron chi connectivity index (χ1n) is 7.81. The standard InChI is InChI=1S/C11H9ClN6.C5H10O2/c12-7-4-15-10(13)3-6(7)8-1-2-9-11(14)16-5-17-18(8)9;6-5-2-1-3-7-4-5/h1-5H,(H2,13,15)(H2,14,16,17);5-6H,1-4H2. The summed E-state index contributed by atoms with van der Waals surface area (Å²) < 4.78 is 6.60. The van der Waals surface area contributed by atoms with Crippen molar-refractivity contribution < 1.29 is 9.84 Å². The summed E-state index contributed by atoms with van der Waals surface area (Å²) in [7, 11) is 0. The largest absolute Gasteiger partial charge is 0.391 e. The molecule has 25 heavy (non-hydrogen) atoms. The highest BCUT2D eigenvalue weighted by Crippen LogP contribution is 2.30. The number of hydrogen-bond donors (Lipinski definition) is 3. The molecular weight excluding hydrogens is 344 g/mol. The lowest BCUT2D eigenvalue weighted by molar-refractivity contribution is -0.00535. The summed E-state index contributed by atoms with van der Waals surface area (Å²) >= 11 is 6.12. The van der Waals surface area contributed by atoms with Crippen molar-refractivity contribution in [2.75, 3.05) is 24.7 Å². The summed E-state index contributed by atoms with van der Waals surface area (Å²) in [5.41, 5.74) is 13.7. The lowest BCUT2D eigenvalue weighted by Gasteiger charge is -2.15. The minimum atomic E-state index is -0.186. The second-order valence-corrected chi connectivity index (χ2v) is 6.03. The molecule has 0 spiro atoms. The molecule has 3 aromatic heterocycles. The van der Waals surface area contributed by atoms with Gasteiger partial charge in [-0.2, -0.15) is 5.10 Å². The van der Waals surface area contributed by atoms with E-state index in [0.717, 1.165) is 36.2 Å². The average molecular weight is 363 g/mol. The predicted octanol–water partition coefficient (Wildman–Crippen LogP) is 1.77. The molecule has 0 radical (unpaired) electrons. The zero-order valence-electron chi connectivity index (χ0n) is 13.5. The van der Waals surface area contributed by atoms with Crippen molar-refractivity contribution in [1.82, 2.24) is 19.6 Å². The topological polar surface area (TPSA) is 125 Å². The Kier molecular flexibility index (Phi) is 5.32. The molecule has 5 N–H and O–H groups in total. The highest BCUT2D eigenvalue weighted by atomic mass is 35.5. The molecule has 1 atom stereocenters. The minimum absolute atomic E-state index is 0.186. The van der Waals surface area contributed by atoms with Crippen LogP contribution in [0.2, 0.25) is 5.02 Å². The first-order chi connectivity index (χ1) is 12.1. The van der Waals surface area contributed by atoms with Gasteiger partial charge in [0.25, 0.3) is 0 Å². The maximum absolute atomic E-state index is 8.78. The Hall–Kier alpha value is -2.42. The van der Waals surface area contributed by atoms with Gasteiger partial charge in [0.2, 0.25) is 0 Å². The number of halogens is 1. The van der Waals surface area contributed by atoms with Crippen LogP contribution < -0.4 is 11.5 Å². The lowest BCUT2D eigenvalue weighted by atomic mass is 10.2. The molecule has 0 bridgehead atoms. The molecule has 3 aromatic rings. The van der Waals surface area contributed by atoms with Crippen LogP contribution in [-0.4, -0.2) is 44.0 Å². The molecule has 4 rings (SSSR count). The highest BCUT2D eigenvalue weighted by molar-refractivity contribution is 6.33. The van der Waals surface area contributed by atoms with Crippen LogP contribution in [0.3, 0.4) is 0 Å². The number of ether oxygens (including phenoxy) is 1. The van der Waals surface area contributed by atoms with Gasteiger partial charge in [-0.1, -0.05) is 11.6 Å². The summed E-state index contributed by atoms with van der Waals surface area (Å²) in [6.07, 6.45) is 4.65. The Morgan fingerprint density at radius 3 is 2.80 bits per heavy atom. The predicted molar refractivity (Wildman–Crippen MR) is 96.1 cm³/mol. The molecule has 132 valence electrons. The van der Waals surface area contributed by atoms with Gasteiger partial charge in [-0.05, 0) is 31.0 Å². The molecule has 0 aliphatic carbocycles. The summed E-state index contributed by atoms with van der Waals surface area (Å²) in [5.74, 6) is 0.806. The molecule has 1 aliphatic rings. The van der Waals surface area contributed by atoms with Crippen molar-refractivity contribution >= 4 is 28.8 Å². The summed E-state index contributed by atoms with van der Waals surface area (Å²) in [6.45, 7) is 1.37. The maximum Gasteiger partial charge on any atom is 0.151 e. The summed E-state index contributed by atoms with van der Waals surface area (Å²) in [4.78, 5) is 7.86. The third kappa shape index (κ3) is 3.98. The van der Waals surface area contributed by atoms with Gasteiger partial charge in [-0.25, -0.2) is 14.5 Å². The monoisotopic (exact) mass is 362 g/mol. The fraction of sp³-hybridized carbons (Fsp3) is 0.312. The van der Waals surface area contributed by atoms with Crippen molar-refractivity contribution in [2.45, 2.75) is 18.9 Å². The number of aliphatic hydroxyl groups excluding tert-OH is 1. The Bertz CT molecular complexity index is 863. The van der Waals surface area contributed by atoms with Gasteiger partial charge in [0.1, 0.15) is 17.7 Å². The van der Waals surface area contributed by atoms with E-state index < -0.39 is 0 Å². The first kappa shape index (κ1) is 17.4. The van der Waals surface area contributed by atoms with E-state index in [-0.39, 0.29) is 6.10 Å². The van der Waals surface area contributed by atoms with E-state index in [9.17, 15) is 0 Å². The van der Waals surface area contributed by atoms with E-state index in [0.29, 0.717) is 23.3 Å². The van der Waals surface area contributed by atoms with Crippen molar-refractivity contribution in [1.29, 1.82) is 0 Å². The first-order valence-corrected chi connectivity index (χ1v) is 8.19. The number of pyridine rings is 1. The molecule has 1 unspecified atom stereocenters. The normalized spacial score (nSPS) is 17.1. The van der Waals surface area contributed by atoms with Gasteiger partial charge in [0, 0.05) is 18.4 Å². The van der Waals surface area contributed by atoms with Crippen molar-refractivity contribution in [2.24, 2.45) is 0 Å². The molecule has 9 heteroatoms. The van der Waals surface area contributed by atoms with Crippen LogP contribution in [0, 0.1) is 0 Å². The molecule has 4 heterocycles. The summed E-state index contributed by atoms with van der Waals surface area (Å²) in [6, 6.07) is 5.39.